The molecule has 9 aliphatic rings. The lowest BCUT2D eigenvalue weighted by Crippen LogP contribution is -2.62. The fourth-order valence-corrected chi connectivity index (χ4v) is 14.7. The van der Waals surface area contributed by atoms with Gasteiger partial charge in [0.1, 0.15) is 55.4 Å². The van der Waals surface area contributed by atoms with E-state index in [1.165, 1.54) is 13.0 Å². The summed E-state index contributed by atoms with van der Waals surface area (Å²) >= 11 is 0. The molecule has 0 aromatic carbocycles. The number of ether oxygens (including phenoxy) is 10. The molecule has 20 heteroatoms. The van der Waals surface area contributed by atoms with Gasteiger partial charge in [-0.05, 0) is 94.5 Å². The van der Waals surface area contributed by atoms with Gasteiger partial charge in [0, 0.05) is 50.0 Å². The number of fused-ring (bicyclic) bond motifs is 5. The first-order valence-electron chi connectivity index (χ1n) is 25.3. The number of carbonyl (C=O) groups excluding carboxylic acids is 2. The molecule has 9 rings (SSSR count). The number of rotatable bonds is 11. The topological polar surface area (TPSA) is 288 Å². The van der Waals surface area contributed by atoms with E-state index in [0.29, 0.717) is 12.3 Å². The summed E-state index contributed by atoms with van der Waals surface area (Å²) in [6.45, 7) is 10.5. The highest BCUT2D eigenvalue weighted by molar-refractivity contribution is 5.85. The molecule has 2 unspecified atom stereocenters. The maximum Gasteiger partial charge on any atom is 0.331 e. The van der Waals surface area contributed by atoms with E-state index in [9.17, 15) is 50.4 Å². The summed E-state index contributed by atoms with van der Waals surface area (Å²) in [6, 6.07) is 0. The molecule has 4 saturated heterocycles. The monoisotopic (exact) mass is 984 g/mol. The highest BCUT2D eigenvalue weighted by atomic mass is 16.8. The van der Waals surface area contributed by atoms with Crippen molar-refractivity contribution in [3.63, 3.8) is 0 Å². The molecule has 4 saturated carbocycles. The van der Waals surface area contributed by atoms with Crippen LogP contribution in [0.1, 0.15) is 112 Å². The van der Waals surface area contributed by atoms with Crippen LogP contribution in [-0.2, 0) is 57.0 Å². The van der Waals surface area contributed by atoms with Crippen molar-refractivity contribution in [2.45, 2.75) is 234 Å². The van der Waals surface area contributed by atoms with Crippen LogP contribution < -0.4 is 0 Å². The second-order valence-corrected chi connectivity index (χ2v) is 22.3. The van der Waals surface area contributed by atoms with Crippen molar-refractivity contribution in [3.8, 4) is 0 Å². The quantitative estimate of drug-likeness (QED) is 0.104. The molecule has 69 heavy (non-hydrogen) atoms. The molecule has 0 spiro atoms. The van der Waals surface area contributed by atoms with Gasteiger partial charge < -0.3 is 88.2 Å². The maximum atomic E-state index is 12.7. The smallest absolute Gasteiger partial charge is 0.331 e. The second-order valence-electron chi connectivity index (χ2n) is 22.3. The molecule has 20 nitrogen and oxygen atoms in total. The van der Waals surface area contributed by atoms with Gasteiger partial charge in [0.25, 0.3) is 0 Å². The normalized spacial score (nSPS) is 53.3. The Hall–Kier alpha value is -1.96. The van der Waals surface area contributed by atoms with Crippen molar-refractivity contribution in [2.24, 2.45) is 34.5 Å². The highest BCUT2D eigenvalue weighted by Gasteiger charge is 2.70. The van der Waals surface area contributed by atoms with Gasteiger partial charge in [0.2, 0.25) is 0 Å². The van der Waals surface area contributed by atoms with Crippen LogP contribution in [0.25, 0.3) is 0 Å². The van der Waals surface area contributed by atoms with Gasteiger partial charge in [0.05, 0.1) is 54.9 Å². The molecule has 0 aromatic heterocycles. The summed E-state index contributed by atoms with van der Waals surface area (Å²) in [7, 11) is 0. The number of cyclic esters (lactones) is 1. The van der Waals surface area contributed by atoms with E-state index in [1.54, 1.807) is 13.8 Å². The Morgan fingerprint density at radius 1 is 0.710 bits per heavy atom. The van der Waals surface area contributed by atoms with Crippen molar-refractivity contribution in [3.05, 3.63) is 11.6 Å². The number of esters is 2. The number of hydrogen-bond donors (Lipinski definition) is 8. The summed E-state index contributed by atoms with van der Waals surface area (Å²) in [5.41, 5.74) is -0.853. The Morgan fingerprint density at radius 3 is 1.94 bits per heavy atom. The van der Waals surface area contributed by atoms with Crippen molar-refractivity contribution >= 4 is 11.9 Å². The third-order valence-corrected chi connectivity index (χ3v) is 18.2. The van der Waals surface area contributed by atoms with Crippen molar-refractivity contribution in [1.29, 1.82) is 0 Å². The minimum absolute atomic E-state index is 0.00540. The Bertz CT molecular complexity index is 1850. The van der Waals surface area contributed by atoms with Gasteiger partial charge in [-0.15, -0.1) is 0 Å². The minimum atomic E-state index is -1.66. The molecule has 8 N–H and O–H groups in total. The van der Waals surface area contributed by atoms with Gasteiger partial charge in [-0.2, -0.15) is 0 Å². The second kappa shape index (κ2) is 20.0. The molecule has 26 atom stereocenters. The molecule has 0 bridgehead atoms. The minimum Gasteiger partial charge on any atom is -0.459 e. The van der Waals surface area contributed by atoms with Crippen LogP contribution in [0.15, 0.2) is 11.6 Å². The van der Waals surface area contributed by atoms with Crippen molar-refractivity contribution in [1.82, 2.24) is 0 Å². The molecule has 392 valence electrons. The molecule has 4 aliphatic carbocycles. The molecule has 0 amide bonds. The molecular weight excluding hydrogens is 909 g/mol. The zero-order valence-electron chi connectivity index (χ0n) is 40.5. The first-order chi connectivity index (χ1) is 32.6. The van der Waals surface area contributed by atoms with Crippen LogP contribution in [0, 0.1) is 34.5 Å². The summed E-state index contributed by atoms with van der Waals surface area (Å²) in [5.74, 6) is -0.527. The van der Waals surface area contributed by atoms with Gasteiger partial charge in [0.15, 0.2) is 25.2 Å². The van der Waals surface area contributed by atoms with E-state index in [0.717, 1.165) is 50.5 Å². The Morgan fingerprint density at radius 2 is 1.33 bits per heavy atom. The molecule has 5 aliphatic heterocycles. The van der Waals surface area contributed by atoms with E-state index >= 15 is 0 Å². The van der Waals surface area contributed by atoms with Crippen LogP contribution in [0.4, 0.5) is 0 Å². The van der Waals surface area contributed by atoms with Crippen LogP contribution in [0.5, 0.6) is 0 Å². The third-order valence-electron chi connectivity index (χ3n) is 18.2. The van der Waals surface area contributed by atoms with E-state index in [-0.39, 0.29) is 61.1 Å². The van der Waals surface area contributed by atoms with Crippen LogP contribution in [0.2, 0.25) is 0 Å². The number of carbonyl (C=O) groups is 2. The Kier molecular flexibility index (Phi) is 15.1. The lowest BCUT2D eigenvalue weighted by Gasteiger charge is -2.63. The largest absolute Gasteiger partial charge is 0.459 e. The Balaban J connectivity index is 0.767. The fraction of sp³-hybridized carbons (Fsp3) is 0.918. The van der Waals surface area contributed by atoms with Gasteiger partial charge in [-0.1, -0.05) is 13.8 Å². The fourth-order valence-electron chi connectivity index (χ4n) is 14.7. The van der Waals surface area contributed by atoms with E-state index in [2.05, 4.69) is 13.8 Å². The molecule has 8 fully saturated rings. The zero-order chi connectivity index (χ0) is 49.5. The van der Waals surface area contributed by atoms with Crippen molar-refractivity contribution < 1.29 is 97.8 Å². The number of aliphatic hydroxyl groups is 8. The van der Waals surface area contributed by atoms with E-state index in [4.69, 9.17) is 47.4 Å². The summed E-state index contributed by atoms with van der Waals surface area (Å²) in [5, 5.41) is 86.9. The van der Waals surface area contributed by atoms with E-state index < -0.39 is 134 Å². The van der Waals surface area contributed by atoms with E-state index in [1.807, 2.05) is 6.92 Å². The Labute approximate surface area is 402 Å². The number of aliphatic hydroxyl groups excluding tert-OH is 7. The SMILES string of the molecule is CC(=O)O[C@H]1C[C@H](O[C@H]2CC[C@@]3(C)C(CCC4[C@@H]3CC[C@]3(C)[C@@H](C5=CC(=O)OC5)[C@@H](O)C[C@]43O)C2)O[C@H](C)[C@H]1O[C@H]1C[C@H](O)[C@H](O[C@H]2C[C@H](O)[C@H](O[C@@H]3O[C@H](CO)[C@@H](O)[C@H](O)[C@H]3O)[C@@H](C)O2)[C@@H](C)O1. The molecule has 0 aromatic rings. The summed E-state index contributed by atoms with van der Waals surface area (Å²) < 4.78 is 60.3. The predicted octanol–water partition coefficient (Wildman–Crippen LogP) is 0.613. The predicted molar refractivity (Wildman–Crippen MR) is 235 cm³/mol. The average Bonchev–Trinajstić information content (AvgIpc) is 3.79. The number of hydrogen-bond acceptors (Lipinski definition) is 20. The standard InChI is InChI=1S/C49H76O20/c1-21-43(67-36-16-31(53)44(22(2)62-36)69-46-42(58)41(57)40(56)34(19-50)66-46)30(52)15-37(61-21)68-45-23(3)63-38(17-33(45)64-24(4)51)65-27-9-11-47(5)26(14-27)7-8-29-28(47)10-12-48(6)39(25-13-35(55)60-20-25)32(54)18-49(29,48)59/h13,21-23,26-34,36-46,50,52-54,56-59H,7-12,14-20H2,1-6H3/t21-,22-,23-,26?,27+,28+,29?,30+,31+,32+,33+,34-,36+,37+,38+,39+,40-,41+,42-,43-,44-,45-,46+,47+,48-,49+/m1/s1. The lowest BCUT2D eigenvalue weighted by atomic mass is 9.43. The molecule has 5 heterocycles. The lowest BCUT2D eigenvalue weighted by molar-refractivity contribution is -0.355. The first-order valence-corrected chi connectivity index (χ1v) is 25.3. The third kappa shape index (κ3) is 9.59. The summed E-state index contributed by atoms with van der Waals surface area (Å²) in [6.07, 6.45) is -10.9. The van der Waals surface area contributed by atoms with Crippen LogP contribution >= 0.6 is 0 Å². The average molecular weight is 985 g/mol. The highest BCUT2D eigenvalue weighted by Crippen LogP contribution is 2.70. The molecule has 0 radical (unpaired) electrons. The zero-order valence-corrected chi connectivity index (χ0v) is 40.5. The van der Waals surface area contributed by atoms with Crippen LogP contribution in [-0.4, -0.2) is 188 Å². The van der Waals surface area contributed by atoms with Crippen molar-refractivity contribution in [2.75, 3.05) is 13.2 Å². The van der Waals surface area contributed by atoms with Gasteiger partial charge in [-0.3, -0.25) is 4.79 Å². The summed E-state index contributed by atoms with van der Waals surface area (Å²) in [4.78, 5) is 24.5. The maximum absolute atomic E-state index is 12.7. The van der Waals surface area contributed by atoms with Gasteiger partial charge in [-0.25, -0.2) is 4.79 Å². The van der Waals surface area contributed by atoms with Gasteiger partial charge >= 0.3 is 11.9 Å². The molecular formula is C49H76O20. The van der Waals surface area contributed by atoms with Crippen LogP contribution in [0.3, 0.4) is 0 Å². The first kappa shape index (κ1) is 51.9.